The summed E-state index contributed by atoms with van der Waals surface area (Å²) in [4.78, 5) is 54.5. The van der Waals surface area contributed by atoms with E-state index < -0.39 is 42.4 Å². The van der Waals surface area contributed by atoms with Crippen LogP contribution in [-0.4, -0.2) is 82.7 Å². The summed E-state index contributed by atoms with van der Waals surface area (Å²) in [6.45, 7) is -0.294. The molecule has 0 bridgehead atoms. The number of carboxylic acid groups (broad SMARTS) is 1. The molecule has 2 aromatic carbocycles. The number of aromatic amines is 1. The molecule has 6 N–H and O–H groups in total. The molecule has 1 aromatic heterocycles. The maximum absolute atomic E-state index is 13.1. The second-order valence-corrected chi connectivity index (χ2v) is 8.33. The van der Waals surface area contributed by atoms with Crippen LogP contribution in [0.25, 0.3) is 10.8 Å². The Morgan fingerprint density at radius 3 is 2.81 bits per heavy atom. The fourth-order valence-electron chi connectivity index (χ4n) is 3.98. The van der Waals surface area contributed by atoms with Crippen LogP contribution in [0.2, 0.25) is 0 Å². The number of H-pyrrole nitrogens is 1. The number of fused-ring (bicyclic) bond motifs is 1. The van der Waals surface area contributed by atoms with E-state index in [2.05, 4.69) is 10.3 Å². The Kier molecular flexibility index (Phi) is 6.90. The number of nitrogen functional groups attached to an aromatic ring is 1. The molecule has 0 radical (unpaired) electrons. The maximum Gasteiger partial charge on any atom is 0.323 e. The molecule has 0 spiro atoms. The first-order chi connectivity index (χ1) is 17.2. The highest BCUT2D eigenvalue weighted by Crippen LogP contribution is 2.25. The van der Waals surface area contributed by atoms with Crippen molar-refractivity contribution < 1.29 is 34.1 Å². The Hall–Kier alpha value is -4.42. The molecule has 1 fully saturated rings. The number of rotatable bonds is 7. The van der Waals surface area contributed by atoms with Gasteiger partial charge in [0.1, 0.15) is 12.4 Å². The minimum Gasteiger partial charge on any atom is -0.480 e. The third kappa shape index (κ3) is 4.99. The molecule has 0 aliphatic carbocycles. The second kappa shape index (κ2) is 10.1. The fraction of sp³-hybridized carbons (Fsp3) is 0.250. The molecule has 3 amide bonds. The normalized spacial score (nSPS) is 16.6. The first-order valence-electron chi connectivity index (χ1n) is 11.0. The van der Waals surface area contributed by atoms with Gasteiger partial charge >= 0.3 is 5.97 Å². The van der Waals surface area contributed by atoms with Gasteiger partial charge in [-0.15, -0.1) is 0 Å². The second-order valence-electron chi connectivity index (χ2n) is 8.33. The van der Waals surface area contributed by atoms with Crippen LogP contribution in [0, 0.1) is 0 Å². The average molecular weight is 495 g/mol. The molecule has 0 saturated carbocycles. The van der Waals surface area contributed by atoms with Gasteiger partial charge in [0.15, 0.2) is 12.2 Å². The molecule has 36 heavy (non-hydrogen) atoms. The van der Waals surface area contributed by atoms with Gasteiger partial charge in [0.2, 0.25) is 0 Å². The van der Waals surface area contributed by atoms with E-state index in [4.69, 9.17) is 15.6 Å². The minimum atomic E-state index is -1.79. The predicted octanol–water partition coefficient (Wildman–Crippen LogP) is 0.638. The third-order valence-electron chi connectivity index (χ3n) is 5.79. The van der Waals surface area contributed by atoms with E-state index >= 15 is 0 Å². The van der Waals surface area contributed by atoms with Crippen LogP contribution in [-0.2, 0) is 19.1 Å². The van der Waals surface area contributed by atoms with Gasteiger partial charge in [0.25, 0.3) is 17.7 Å². The standard InChI is InChI=1S/C24H25N5O7/c1-28(12-18(30)31)23(34)13-3-2-4-16(10-13)29-7-8-36-20(24(29)35)19(32)22(33)27-15-5-6-17-14(9-15)11-26-21(17)25/h2-6,9-11,19-20,26,32H,7-8,12,25H2,1H3,(H,27,33)(H,30,31)/t19-,20-/m1/s1. The number of anilines is 3. The summed E-state index contributed by atoms with van der Waals surface area (Å²) in [6, 6.07) is 11.1. The minimum absolute atomic E-state index is 0.0480. The highest BCUT2D eigenvalue weighted by atomic mass is 16.5. The summed E-state index contributed by atoms with van der Waals surface area (Å²) < 4.78 is 5.43. The molecular formula is C24H25N5O7. The number of carbonyl (C=O) groups excluding carboxylic acids is 3. The van der Waals surface area contributed by atoms with Crippen molar-refractivity contribution in [2.75, 3.05) is 42.7 Å². The summed E-state index contributed by atoms with van der Waals surface area (Å²) in [6.07, 6.45) is -1.57. The predicted molar refractivity (Wildman–Crippen MR) is 130 cm³/mol. The van der Waals surface area contributed by atoms with Gasteiger partial charge in [0.05, 0.1) is 6.61 Å². The van der Waals surface area contributed by atoms with E-state index in [9.17, 15) is 24.3 Å². The lowest BCUT2D eigenvalue weighted by atomic mass is 10.1. The zero-order chi connectivity index (χ0) is 26.0. The molecule has 188 valence electrons. The van der Waals surface area contributed by atoms with E-state index in [1.807, 2.05) is 0 Å². The van der Waals surface area contributed by atoms with Gasteiger partial charge in [-0.2, -0.15) is 0 Å². The smallest absolute Gasteiger partial charge is 0.323 e. The van der Waals surface area contributed by atoms with Crippen molar-refractivity contribution in [1.82, 2.24) is 9.88 Å². The first-order valence-corrected chi connectivity index (χ1v) is 11.0. The number of amides is 3. The lowest BCUT2D eigenvalue weighted by molar-refractivity contribution is -0.150. The molecule has 1 aliphatic rings. The molecular weight excluding hydrogens is 470 g/mol. The highest BCUT2D eigenvalue weighted by molar-refractivity contribution is 6.05. The number of hydrogen-bond donors (Lipinski definition) is 5. The lowest BCUT2D eigenvalue weighted by Gasteiger charge is -2.34. The molecule has 3 aromatic rings. The van der Waals surface area contributed by atoms with Crippen molar-refractivity contribution in [2.45, 2.75) is 12.2 Å². The van der Waals surface area contributed by atoms with E-state index in [0.717, 1.165) is 15.7 Å². The van der Waals surface area contributed by atoms with Gasteiger partial charge in [-0.3, -0.25) is 19.2 Å². The van der Waals surface area contributed by atoms with Gasteiger partial charge < -0.3 is 40.8 Å². The number of aliphatic hydroxyl groups excluding tert-OH is 1. The number of ether oxygens (including phenoxy) is 1. The van der Waals surface area contributed by atoms with Gasteiger partial charge in [-0.1, -0.05) is 6.07 Å². The maximum atomic E-state index is 13.1. The molecule has 12 nitrogen and oxygen atoms in total. The van der Waals surface area contributed by atoms with E-state index in [1.165, 1.54) is 24.1 Å². The van der Waals surface area contributed by atoms with Crippen LogP contribution in [0.1, 0.15) is 10.4 Å². The van der Waals surface area contributed by atoms with Crippen molar-refractivity contribution in [1.29, 1.82) is 0 Å². The molecule has 0 unspecified atom stereocenters. The third-order valence-corrected chi connectivity index (χ3v) is 5.79. The monoisotopic (exact) mass is 495 g/mol. The number of nitrogens with two attached hydrogens (primary N) is 1. The molecule has 4 rings (SSSR count). The van der Waals surface area contributed by atoms with Crippen LogP contribution in [0.5, 0.6) is 0 Å². The summed E-state index contributed by atoms with van der Waals surface area (Å²) >= 11 is 0. The van der Waals surface area contributed by atoms with Crippen LogP contribution >= 0.6 is 0 Å². The summed E-state index contributed by atoms with van der Waals surface area (Å²) in [5.41, 5.74) is 6.77. The number of nitrogens with one attached hydrogen (secondary N) is 2. The van der Waals surface area contributed by atoms with Crippen LogP contribution in [0.3, 0.4) is 0 Å². The van der Waals surface area contributed by atoms with E-state index in [-0.39, 0.29) is 18.7 Å². The highest BCUT2D eigenvalue weighted by Gasteiger charge is 2.39. The Morgan fingerprint density at radius 1 is 1.28 bits per heavy atom. The number of carboxylic acids is 1. The summed E-state index contributed by atoms with van der Waals surface area (Å²) in [5, 5.41) is 23.7. The molecule has 2 heterocycles. The number of likely N-dealkylation sites (N-methyl/N-ethyl adjacent to an activating group) is 1. The average Bonchev–Trinajstić information content (AvgIpc) is 3.22. The number of aliphatic hydroxyl groups is 1. The number of carbonyl (C=O) groups is 4. The first kappa shape index (κ1) is 24.7. The van der Waals surface area contributed by atoms with Gasteiger partial charge in [-0.25, -0.2) is 0 Å². The number of hydrogen-bond acceptors (Lipinski definition) is 7. The van der Waals surface area contributed by atoms with E-state index in [0.29, 0.717) is 17.2 Å². The molecule has 12 heteroatoms. The van der Waals surface area contributed by atoms with Crippen molar-refractivity contribution in [3.63, 3.8) is 0 Å². The Bertz CT molecular complexity index is 1340. The van der Waals surface area contributed by atoms with Gasteiger partial charge in [0, 0.05) is 47.5 Å². The van der Waals surface area contributed by atoms with Crippen LogP contribution < -0.4 is 16.0 Å². The number of nitrogens with zero attached hydrogens (tertiary/aromatic N) is 2. The Labute approximate surface area is 205 Å². The fourth-order valence-corrected chi connectivity index (χ4v) is 3.98. The quantitative estimate of drug-likeness (QED) is 0.317. The largest absolute Gasteiger partial charge is 0.480 e. The van der Waals surface area contributed by atoms with Crippen molar-refractivity contribution in [3.05, 3.63) is 54.2 Å². The zero-order valence-corrected chi connectivity index (χ0v) is 19.3. The molecule has 2 atom stereocenters. The van der Waals surface area contributed by atoms with Crippen LogP contribution in [0.15, 0.2) is 48.7 Å². The molecule has 1 aliphatic heterocycles. The van der Waals surface area contributed by atoms with Crippen molar-refractivity contribution in [2.24, 2.45) is 0 Å². The molecule has 1 saturated heterocycles. The topological polar surface area (TPSA) is 178 Å². The number of benzene rings is 2. The van der Waals surface area contributed by atoms with Crippen LogP contribution in [0.4, 0.5) is 17.2 Å². The number of morpholine rings is 1. The van der Waals surface area contributed by atoms with Crippen molar-refractivity contribution in [3.8, 4) is 0 Å². The number of aromatic nitrogens is 1. The summed E-state index contributed by atoms with van der Waals surface area (Å²) in [5.74, 6) is -2.67. The zero-order valence-electron chi connectivity index (χ0n) is 19.3. The number of aliphatic carboxylic acids is 1. The Morgan fingerprint density at radius 2 is 2.06 bits per heavy atom. The summed E-state index contributed by atoms with van der Waals surface area (Å²) in [7, 11) is 1.36. The Balaban J connectivity index is 1.47. The van der Waals surface area contributed by atoms with E-state index in [1.54, 1.807) is 36.5 Å². The van der Waals surface area contributed by atoms with Gasteiger partial charge in [-0.05, 0) is 36.4 Å². The lowest BCUT2D eigenvalue weighted by Crippen LogP contribution is -2.55. The SMILES string of the molecule is CN(CC(=O)O)C(=O)c1cccc(N2CCO[C@H]([C@@H](O)C(=O)Nc3ccc4c(N)[nH]cc4c3)C2=O)c1. The van der Waals surface area contributed by atoms with Crippen molar-refractivity contribution >= 4 is 51.7 Å².